The van der Waals surface area contributed by atoms with Gasteiger partial charge in [0.15, 0.2) is 0 Å². The zero-order chi connectivity index (χ0) is 11.8. The number of H-pyrrole nitrogens is 1. The second kappa shape index (κ2) is 7.39. The van der Waals surface area contributed by atoms with E-state index in [0.717, 1.165) is 0 Å². The predicted molar refractivity (Wildman–Crippen MR) is 76.3 cm³/mol. The van der Waals surface area contributed by atoms with Crippen LogP contribution in [-0.4, -0.2) is 17.0 Å². The van der Waals surface area contributed by atoms with Crippen LogP contribution in [0.3, 0.4) is 0 Å². The van der Waals surface area contributed by atoms with E-state index in [1.807, 2.05) is 18.0 Å². The van der Waals surface area contributed by atoms with E-state index in [9.17, 15) is 0 Å². The standard InChI is InChI=1S/C9H9N.C5H12S/c1-7-3-2-4-9-8(7)5-6-10-9;1-3-4-5-6-2/h2-6,10H,1H3;3-5H2,1-2H3. The molecule has 0 unspecified atom stereocenters. The van der Waals surface area contributed by atoms with E-state index in [4.69, 9.17) is 0 Å². The summed E-state index contributed by atoms with van der Waals surface area (Å²) in [4.78, 5) is 3.16. The zero-order valence-corrected chi connectivity index (χ0v) is 11.2. The third-order valence-electron chi connectivity index (χ3n) is 2.51. The molecule has 88 valence electrons. The molecule has 0 spiro atoms. The lowest BCUT2D eigenvalue weighted by atomic mass is 10.1. The molecule has 0 radical (unpaired) electrons. The van der Waals surface area contributed by atoms with Gasteiger partial charge >= 0.3 is 0 Å². The number of aromatic nitrogens is 1. The molecule has 0 fully saturated rings. The number of benzene rings is 1. The van der Waals surface area contributed by atoms with Gasteiger partial charge < -0.3 is 4.98 Å². The Kier molecular flexibility index (Phi) is 6.09. The normalized spacial score (nSPS) is 9.94. The highest BCUT2D eigenvalue weighted by Gasteiger charge is 1.93. The average Bonchev–Trinajstić information content (AvgIpc) is 2.77. The number of aromatic amines is 1. The summed E-state index contributed by atoms with van der Waals surface area (Å²) in [6.07, 6.45) is 6.83. The van der Waals surface area contributed by atoms with Crippen LogP contribution in [0.15, 0.2) is 30.5 Å². The molecule has 16 heavy (non-hydrogen) atoms. The summed E-state index contributed by atoms with van der Waals surface area (Å²) in [6.45, 7) is 4.34. The highest BCUT2D eigenvalue weighted by molar-refractivity contribution is 7.98. The van der Waals surface area contributed by atoms with Crippen molar-refractivity contribution in [3.63, 3.8) is 0 Å². The Morgan fingerprint density at radius 3 is 2.62 bits per heavy atom. The molecule has 1 heterocycles. The highest BCUT2D eigenvalue weighted by Crippen LogP contribution is 2.15. The zero-order valence-electron chi connectivity index (χ0n) is 10.4. The topological polar surface area (TPSA) is 15.8 Å². The molecule has 0 bridgehead atoms. The van der Waals surface area contributed by atoms with Gasteiger partial charge in [0.1, 0.15) is 0 Å². The molecule has 2 rings (SSSR count). The van der Waals surface area contributed by atoms with Gasteiger partial charge in [0, 0.05) is 17.1 Å². The summed E-state index contributed by atoms with van der Waals surface area (Å²) in [5, 5.41) is 1.32. The molecule has 2 heteroatoms. The van der Waals surface area contributed by atoms with E-state index in [1.165, 1.54) is 35.1 Å². The molecule has 0 aliphatic rings. The summed E-state index contributed by atoms with van der Waals surface area (Å²) in [7, 11) is 0. The van der Waals surface area contributed by atoms with Gasteiger partial charge in [-0.2, -0.15) is 11.8 Å². The van der Waals surface area contributed by atoms with Gasteiger partial charge in [-0.15, -0.1) is 0 Å². The van der Waals surface area contributed by atoms with E-state index >= 15 is 0 Å². The number of hydrogen-bond donors (Lipinski definition) is 1. The Morgan fingerprint density at radius 2 is 2.06 bits per heavy atom. The summed E-state index contributed by atoms with van der Waals surface area (Å²) in [5.41, 5.74) is 2.55. The lowest BCUT2D eigenvalue weighted by Crippen LogP contribution is -1.71. The average molecular weight is 235 g/mol. The molecule has 1 aromatic carbocycles. The number of nitrogens with one attached hydrogen (secondary N) is 1. The second-order valence-electron chi connectivity index (χ2n) is 3.86. The molecule has 0 saturated heterocycles. The van der Waals surface area contributed by atoms with E-state index in [0.29, 0.717) is 0 Å². The van der Waals surface area contributed by atoms with Gasteiger partial charge in [0.05, 0.1) is 0 Å². The van der Waals surface area contributed by atoms with Crippen molar-refractivity contribution < 1.29 is 0 Å². The third kappa shape index (κ3) is 3.93. The fraction of sp³-hybridized carbons (Fsp3) is 0.429. The predicted octanol–water partition coefficient (Wildman–Crippen LogP) is 4.63. The molecule has 0 aliphatic heterocycles. The SMILES string of the molecule is CCCCSC.Cc1cccc2[nH]ccc12. The minimum Gasteiger partial charge on any atom is -0.361 e. The lowest BCUT2D eigenvalue weighted by Gasteiger charge is -1.92. The molecule has 2 aromatic rings. The van der Waals surface area contributed by atoms with Crippen molar-refractivity contribution in [2.24, 2.45) is 0 Å². The van der Waals surface area contributed by atoms with Gasteiger partial charge in [0.2, 0.25) is 0 Å². The van der Waals surface area contributed by atoms with Gasteiger partial charge in [-0.3, -0.25) is 0 Å². The molecule has 1 aromatic heterocycles. The number of thioether (sulfide) groups is 1. The summed E-state index contributed by atoms with van der Waals surface area (Å²) >= 11 is 1.93. The first-order valence-corrected chi connectivity index (χ1v) is 7.20. The number of hydrogen-bond acceptors (Lipinski definition) is 1. The second-order valence-corrected chi connectivity index (χ2v) is 4.85. The fourth-order valence-electron chi connectivity index (χ4n) is 1.53. The molecule has 1 N–H and O–H groups in total. The van der Waals surface area contributed by atoms with E-state index in [2.05, 4.69) is 49.4 Å². The van der Waals surface area contributed by atoms with Crippen LogP contribution in [0.5, 0.6) is 0 Å². The smallest absolute Gasteiger partial charge is 0.0456 e. The summed E-state index contributed by atoms with van der Waals surface area (Å²) in [6, 6.07) is 8.37. The summed E-state index contributed by atoms with van der Waals surface area (Å²) < 4.78 is 0. The highest BCUT2D eigenvalue weighted by atomic mass is 32.2. The Bertz CT molecular complexity index is 402. The van der Waals surface area contributed by atoms with Crippen molar-refractivity contribution >= 4 is 22.7 Å². The van der Waals surface area contributed by atoms with E-state index < -0.39 is 0 Å². The summed E-state index contributed by atoms with van der Waals surface area (Å²) in [5.74, 6) is 1.33. The van der Waals surface area contributed by atoms with Crippen molar-refractivity contribution in [1.29, 1.82) is 0 Å². The van der Waals surface area contributed by atoms with Crippen molar-refractivity contribution in [1.82, 2.24) is 4.98 Å². The number of rotatable bonds is 3. The minimum absolute atomic E-state index is 1.22. The van der Waals surface area contributed by atoms with Crippen LogP contribution in [0, 0.1) is 6.92 Å². The molecule has 0 aliphatic carbocycles. The first kappa shape index (κ1) is 13.2. The van der Waals surface area contributed by atoms with Crippen LogP contribution in [0.1, 0.15) is 25.3 Å². The van der Waals surface area contributed by atoms with Crippen LogP contribution in [0.2, 0.25) is 0 Å². The van der Waals surface area contributed by atoms with E-state index in [-0.39, 0.29) is 0 Å². The van der Waals surface area contributed by atoms with Crippen LogP contribution in [0.4, 0.5) is 0 Å². The molecule has 0 atom stereocenters. The number of aryl methyl sites for hydroxylation is 1. The monoisotopic (exact) mass is 235 g/mol. The third-order valence-corrected chi connectivity index (χ3v) is 3.21. The quantitative estimate of drug-likeness (QED) is 0.767. The maximum absolute atomic E-state index is 3.16. The van der Waals surface area contributed by atoms with Gasteiger partial charge in [-0.1, -0.05) is 25.5 Å². The lowest BCUT2D eigenvalue weighted by molar-refractivity contribution is 0.897. The van der Waals surface area contributed by atoms with Crippen molar-refractivity contribution in [2.45, 2.75) is 26.7 Å². The Hall–Kier alpha value is -0.890. The van der Waals surface area contributed by atoms with Gasteiger partial charge in [0.25, 0.3) is 0 Å². The van der Waals surface area contributed by atoms with Gasteiger partial charge in [-0.05, 0) is 43.0 Å². The Morgan fingerprint density at radius 1 is 1.25 bits per heavy atom. The largest absolute Gasteiger partial charge is 0.361 e. The van der Waals surface area contributed by atoms with Gasteiger partial charge in [-0.25, -0.2) is 0 Å². The Labute approximate surface area is 103 Å². The fourth-order valence-corrected chi connectivity index (χ4v) is 2.11. The maximum atomic E-state index is 3.16. The Balaban J connectivity index is 0.000000187. The van der Waals surface area contributed by atoms with Crippen LogP contribution >= 0.6 is 11.8 Å². The first-order chi connectivity index (χ1) is 7.79. The molecule has 0 amide bonds. The van der Waals surface area contributed by atoms with Crippen molar-refractivity contribution in [3.05, 3.63) is 36.0 Å². The molecular weight excluding hydrogens is 214 g/mol. The molecule has 0 saturated carbocycles. The molecule has 1 nitrogen and oxygen atoms in total. The minimum atomic E-state index is 1.22. The van der Waals surface area contributed by atoms with Crippen molar-refractivity contribution in [2.75, 3.05) is 12.0 Å². The molecular formula is C14H21NS. The number of fused-ring (bicyclic) bond motifs is 1. The van der Waals surface area contributed by atoms with Crippen LogP contribution < -0.4 is 0 Å². The van der Waals surface area contributed by atoms with Crippen LogP contribution in [-0.2, 0) is 0 Å². The number of unbranched alkanes of at least 4 members (excludes halogenated alkanes) is 1. The first-order valence-electron chi connectivity index (χ1n) is 5.81. The van der Waals surface area contributed by atoms with E-state index in [1.54, 1.807) is 0 Å². The van der Waals surface area contributed by atoms with Crippen molar-refractivity contribution in [3.8, 4) is 0 Å². The maximum Gasteiger partial charge on any atom is 0.0456 e. The van der Waals surface area contributed by atoms with Crippen LogP contribution in [0.25, 0.3) is 10.9 Å².